The fourth-order valence-corrected chi connectivity index (χ4v) is 9.84. The first-order valence-electron chi connectivity index (χ1n) is 19.2. The minimum absolute atomic E-state index is 0.667. The van der Waals surface area contributed by atoms with E-state index < -0.39 is 0 Å². The molecule has 12 rings (SSSR count). The van der Waals surface area contributed by atoms with Crippen molar-refractivity contribution in [2.75, 3.05) is 0 Å². The number of para-hydroxylation sites is 2. The molecule has 0 radical (unpaired) electrons. The molecule has 266 valence electrons. The topological polar surface area (TPSA) is 35.6 Å². The van der Waals surface area contributed by atoms with Crippen LogP contribution in [0.15, 0.2) is 194 Å². The van der Waals surface area contributed by atoms with E-state index in [1.807, 2.05) is 0 Å². The zero-order chi connectivity index (χ0) is 37.5. The Bertz CT molecular complexity index is 3510. The molecular weight excluding hydrogens is 713 g/mol. The summed E-state index contributed by atoms with van der Waals surface area (Å²) in [6.45, 7) is 0. The Labute approximate surface area is 332 Å². The van der Waals surface area contributed by atoms with Gasteiger partial charge in [0.05, 0.1) is 38.0 Å². The van der Waals surface area contributed by atoms with Crippen molar-refractivity contribution in [2.24, 2.45) is 0 Å². The van der Waals surface area contributed by atoms with Gasteiger partial charge in [-0.15, -0.1) is 11.3 Å². The van der Waals surface area contributed by atoms with Crippen molar-refractivity contribution in [1.82, 2.24) is 19.1 Å². The molecule has 0 aliphatic carbocycles. The van der Waals surface area contributed by atoms with Crippen molar-refractivity contribution in [3.63, 3.8) is 0 Å². The molecule has 0 atom stereocenters. The highest BCUT2D eigenvalue weighted by atomic mass is 32.1. The molecule has 0 amide bonds. The van der Waals surface area contributed by atoms with Crippen molar-refractivity contribution in [3.05, 3.63) is 194 Å². The van der Waals surface area contributed by atoms with Crippen LogP contribution >= 0.6 is 11.3 Å². The van der Waals surface area contributed by atoms with Crippen molar-refractivity contribution in [2.45, 2.75) is 0 Å². The van der Waals surface area contributed by atoms with Crippen LogP contribution in [0.5, 0.6) is 0 Å². The molecule has 0 fully saturated rings. The first-order valence-corrected chi connectivity index (χ1v) is 20.1. The van der Waals surface area contributed by atoms with Gasteiger partial charge in [0.2, 0.25) is 5.95 Å². The third-order valence-corrected chi connectivity index (χ3v) is 12.5. The van der Waals surface area contributed by atoms with E-state index in [4.69, 9.17) is 9.97 Å². The molecule has 0 aliphatic heterocycles. The first-order chi connectivity index (χ1) is 28.3. The number of aromatic nitrogens is 4. The lowest BCUT2D eigenvalue weighted by Gasteiger charge is -2.10. The van der Waals surface area contributed by atoms with Crippen molar-refractivity contribution >= 4 is 75.9 Å². The number of rotatable bonds is 5. The molecule has 0 saturated carbocycles. The summed E-state index contributed by atoms with van der Waals surface area (Å²) in [5.41, 5.74) is 12.2. The van der Waals surface area contributed by atoms with Crippen molar-refractivity contribution in [3.8, 4) is 44.5 Å². The van der Waals surface area contributed by atoms with Crippen LogP contribution in [0.2, 0.25) is 0 Å². The SMILES string of the molecule is c1ccc(-c2cc3nc(-n4c5ccccc5c5cc(-c6ccc7c(c6)c6ccc8ccccc8c6n7-c6ccccc6)ccc54)nc(-c4ccccc4)c3s2)cc1. The minimum atomic E-state index is 0.667. The lowest BCUT2D eigenvalue weighted by Crippen LogP contribution is -2.02. The van der Waals surface area contributed by atoms with E-state index >= 15 is 0 Å². The van der Waals surface area contributed by atoms with Gasteiger partial charge >= 0.3 is 0 Å². The highest BCUT2D eigenvalue weighted by Crippen LogP contribution is 2.42. The number of nitrogens with zero attached hydrogens (tertiary/aromatic N) is 4. The van der Waals surface area contributed by atoms with Gasteiger partial charge in [0.1, 0.15) is 0 Å². The zero-order valence-electron chi connectivity index (χ0n) is 30.7. The minimum Gasteiger partial charge on any atom is -0.309 e. The van der Waals surface area contributed by atoms with Crippen molar-refractivity contribution < 1.29 is 0 Å². The second-order valence-corrected chi connectivity index (χ2v) is 15.7. The highest BCUT2D eigenvalue weighted by molar-refractivity contribution is 7.22. The van der Waals surface area contributed by atoms with Crippen LogP contribution in [0.1, 0.15) is 0 Å². The Morgan fingerprint density at radius 1 is 0.386 bits per heavy atom. The van der Waals surface area contributed by atoms with Crippen LogP contribution < -0.4 is 0 Å². The van der Waals surface area contributed by atoms with E-state index in [0.29, 0.717) is 5.95 Å². The van der Waals surface area contributed by atoms with E-state index in [1.54, 1.807) is 11.3 Å². The number of fused-ring (bicyclic) bond motifs is 9. The van der Waals surface area contributed by atoms with Crippen LogP contribution in [0.25, 0.3) is 109 Å². The summed E-state index contributed by atoms with van der Waals surface area (Å²) in [6.07, 6.45) is 0. The van der Waals surface area contributed by atoms with Gasteiger partial charge in [0.25, 0.3) is 0 Å². The molecule has 12 aromatic rings. The monoisotopic (exact) mass is 744 g/mol. The molecule has 5 heteroatoms. The molecule has 4 aromatic heterocycles. The van der Waals surface area contributed by atoms with Gasteiger partial charge in [-0.05, 0) is 70.6 Å². The third-order valence-electron chi connectivity index (χ3n) is 11.3. The second kappa shape index (κ2) is 12.6. The standard InChI is InChI=1S/C52H32N4S/c1-4-15-34(16-5-1)48-32-44-51(57-48)49(35-17-6-2-7-18-35)54-52(53-44)56-45-23-13-12-22-40(45)42-30-36(26-29-47(42)56)37-25-28-46-43(31-37)41-27-24-33-14-10-11-21-39(33)50(41)55(46)38-19-8-3-9-20-38/h1-32H. The summed E-state index contributed by atoms with van der Waals surface area (Å²) in [5, 5.41) is 7.31. The molecule has 0 unspecified atom stereocenters. The highest BCUT2D eigenvalue weighted by Gasteiger charge is 2.21. The Hall–Kier alpha value is -7.34. The maximum atomic E-state index is 5.37. The molecule has 0 spiro atoms. The number of benzene rings is 8. The number of thiophene rings is 1. The molecule has 0 saturated heterocycles. The maximum absolute atomic E-state index is 5.37. The van der Waals surface area contributed by atoms with Crippen LogP contribution in [-0.4, -0.2) is 19.1 Å². The summed E-state index contributed by atoms with van der Waals surface area (Å²) < 4.78 is 5.75. The summed E-state index contributed by atoms with van der Waals surface area (Å²) >= 11 is 1.75. The van der Waals surface area contributed by atoms with Crippen LogP contribution in [0, 0.1) is 0 Å². The summed E-state index contributed by atoms with van der Waals surface area (Å²) in [4.78, 5) is 11.9. The van der Waals surface area contributed by atoms with E-state index in [-0.39, 0.29) is 0 Å². The van der Waals surface area contributed by atoms with Crippen LogP contribution in [-0.2, 0) is 0 Å². The lowest BCUT2D eigenvalue weighted by atomic mass is 10.00. The molecule has 0 N–H and O–H groups in total. The summed E-state index contributed by atoms with van der Waals surface area (Å²) in [7, 11) is 0. The smallest absolute Gasteiger partial charge is 0.235 e. The van der Waals surface area contributed by atoms with E-state index in [1.165, 1.54) is 64.9 Å². The maximum Gasteiger partial charge on any atom is 0.235 e. The first kappa shape index (κ1) is 32.0. The van der Waals surface area contributed by atoms with Crippen molar-refractivity contribution in [1.29, 1.82) is 0 Å². The lowest BCUT2D eigenvalue weighted by molar-refractivity contribution is 1.02. The molecule has 0 aliphatic rings. The van der Waals surface area contributed by atoms with Gasteiger partial charge in [-0.3, -0.25) is 4.57 Å². The van der Waals surface area contributed by atoms with Gasteiger partial charge in [-0.25, -0.2) is 9.97 Å². The Morgan fingerprint density at radius 2 is 0.982 bits per heavy atom. The van der Waals surface area contributed by atoms with Gasteiger partial charge in [-0.1, -0.05) is 146 Å². The Balaban J connectivity index is 1.06. The third kappa shape index (κ3) is 4.99. The van der Waals surface area contributed by atoms with Crippen LogP contribution in [0.4, 0.5) is 0 Å². The molecule has 57 heavy (non-hydrogen) atoms. The normalized spacial score (nSPS) is 11.9. The van der Waals surface area contributed by atoms with E-state index in [9.17, 15) is 0 Å². The average Bonchev–Trinajstić information content (AvgIpc) is 3.97. The van der Waals surface area contributed by atoms with Gasteiger partial charge in [0, 0.05) is 43.1 Å². The quantitative estimate of drug-likeness (QED) is 0.176. The average molecular weight is 745 g/mol. The zero-order valence-corrected chi connectivity index (χ0v) is 31.5. The fraction of sp³-hybridized carbons (Fsp3) is 0. The summed E-state index contributed by atoms with van der Waals surface area (Å²) in [5.74, 6) is 0.667. The van der Waals surface area contributed by atoms with E-state index in [0.717, 1.165) is 38.2 Å². The predicted molar refractivity (Wildman–Crippen MR) is 240 cm³/mol. The predicted octanol–water partition coefficient (Wildman–Crippen LogP) is 14.0. The molecule has 4 nitrogen and oxygen atoms in total. The van der Waals surface area contributed by atoms with Gasteiger partial charge in [-0.2, -0.15) is 0 Å². The molecule has 8 aromatic carbocycles. The Morgan fingerprint density at radius 3 is 1.74 bits per heavy atom. The molecular formula is C52H32N4S. The molecule has 0 bridgehead atoms. The number of hydrogen-bond acceptors (Lipinski definition) is 3. The largest absolute Gasteiger partial charge is 0.309 e. The van der Waals surface area contributed by atoms with Gasteiger partial charge < -0.3 is 4.57 Å². The molecule has 4 heterocycles. The Kier molecular flexibility index (Phi) is 7.06. The number of hydrogen-bond donors (Lipinski definition) is 0. The van der Waals surface area contributed by atoms with E-state index in [2.05, 4.69) is 203 Å². The summed E-state index contributed by atoms with van der Waals surface area (Å²) in [6, 6.07) is 69.6. The fourth-order valence-electron chi connectivity index (χ4n) is 8.73. The van der Waals surface area contributed by atoms with Gasteiger partial charge in [0.15, 0.2) is 0 Å². The van der Waals surface area contributed by atoms with Crippen LogP contribution in [0.3, 0.4) is 0 Å². The second-order valence-electron chi connectivity index (χ2n) is 14.6.